The number of aliphatic hydroxyl groups is 1. The van der Waals surface area contributed by atoms with Gasteiger partial charge < -0.3 is 5.11 Å². The fourth-order valence-corrected chi connectivity index (χ4v) is 2.54. The van der Waals surface area contributed by atoms with Crippen LogP contribution in [0.3, 0.4) is 0 Å². The first-order valence-corrected chi connectivity index (χ1v) is 6.55. The molecular formula is C14H17NOS. The van der Waals surface area contributed by atoms with Crippen molar-refractivity contribution in [1.29, 1.82) is 0 Å². The van der Waals surface area contributed by atoms with Crippen molar-refractivity contribution in [2.45, 2.75) is 26.2 Å². The number of nitrogens with zero attached hydrogens (tertiary/aromatic N) is 1. The van der Waals surface area contributed by atoms with Crippen molar-refractivity contribution >= 4 is 11.3 Å². The molecule has 1 heterocycles. The van der Waals surface area contributed by atoms with Gasteiger partial charge in [-0.2, -0.15) is 0 Å². The topological polar surface area (TPSA) is 33.1 Å². The molecule has 0 radical (unpaired) electrons. The number of thiazole rings is 1. The molecule has 3 heteroatoms. The Morgan fingerprint density at radius 1 is 1.35 bits per heavy atom. The SMILES string of the molecule is Cc1cccc(-c2csc(C(C)(C)CO)n2)c1. The molecule has 1 N–H and O–H groups in total. The van der Waals surface area contributed by atoms with Crippen LogP contribution in [0.2, 0.25) is 0 Å². The highest BCUT2D eigenvalue weighted by atomic mass is 32.1. The van der Waals surface area contributed by atoms with E-state index in [1.54, 1.807) is 11.3 Å². The number of rotatable bonds is 3. The standard InChI is InChI=1S/C14H17NOS/c1-10-5-4-6-11(7-10)12-8-17-13(15-12)14(2,3)9-16/h4-8,16H,9H2,1-3H3. The molecule has 1 aromatic carbocycles. The maximum Gasteiger partial charge on any atom is 0.101 e. The fraction of sp³-hybridized carbons (Fsp3) is 0.357. The Balaban J connectivity index is 2.36. The Hall–Kier alpha value is -1.19. The molecule has 0 fully saturated rings. The van der Waals surface area contributed by atoms with Crippen LogP contribution in [0.5, 0.6) is 0 Å². The lowest BCUT2D eigenvalue weighted by Crippen LogP contribution is -2.21. The Morgan fingerprint density at radius 2 is 2.12 bits per heavy atom. The molecule has 0 aliphatic carbocycles. The van der Waals surface area contributed by atoms with Crippen LogP contribution in [0.15, 0.2) is 29.6 Å². The summed E-state index contributed by atoms with van der Waals surface area (Å²) in [5.41, 5.74) is 3.11. The second-order valence-electron chi connectivity index (χ2n) is 4.95. The van der Waals surface area contributed by atoms with Crippen LogP contribution in [-0.2, 0) is 5.41 Å². The zero-order valence-electron chi connectivity index (χ0n) is 10.4. The number of hydrogen-bond acceptors (Lipinski definition) is 3. The van der Waals surface area contributed by atoms with E-state index in [9.17, 15) is 5.11 Å². The smallest absolute Gasteiger partial charge is 0.101 e. The van der Waals surface area contributed by atoms with Crippen molar-refractivity contribution in [3.8, 4) is 11.3 Å². The van der Waals surface area contributed by atoms with E-state index >= 15 is 0 Å². The molecule has 90 valence electrons. The third-order valence-electron chi connectivity index (χ3n) is 2.79. The second kappa shape index (κ2) is 4.59. The lowest BCUT2D eigenvalue weighted by Gasteiger charge is -2.17. The molecule has 2 aromatic rings. The average Bonchev–Trinajstić information content (AvgIpc) is 2.79. The molecule has 17 heavy (non-hydrogen) atoms. The van der Waals surface area contributed by atoms with Gasteiger partial charge in [-0.3, -0.25) is 0 Å². The highest BCUT2D eigenvalue weighted by Gasteiger charge is 2.23. The number of aromatic nitrogens is 1. The minimum atomic E-state index is -0.257. The van der Waals surface area contributed by atoms with Crippen molar-refractivity contribution in [1.82, 2.24) is 4.98 Å². The molecule has 1 aromatic heterocycles. The van der Waals surface area contributed by atoms with Gasteiger partial charge in [0, 0.05) is 16.4 Å². The van der Waals surface area contributed by atoms with Crippen LogP contribution < -0.4 is 0 Å². The number of hydrogen-bond donors (Lipinski definition) is 1. The summed E-state index contributed by atoms with van der Waals surface area (Å²) < 4.78 is 0. The predicted molar refractivity (Wildman–Crippen MR) is 72.4 cm³/mol. The summed E-state index contributed by atoms with van der Waals surface area (Å²) in [6.07, 6.45) is 0. The summed E-state index contributed by atoms with van der Waals surface area (Å²) in [6.45, 7) is 6.21. The monoisotopic (exact) mass is 247 g/mol. The van der Waals surface area contributed by atoms with E-state index in [4.69, 9.17) is 0 Å². The highest BCUT2D eigenvalue weighted by molar-refractivity contribution is 7.10. The van der Waals surface area contributed by atoms with Gasteiger partial charge in [0.2, 0.25) is 0 Å². The second-order valence-corrected chi connectivity index (χ2v) is 5.81. The fourth-order valence-electron chi connectivity index (χ4n) is 1.59. The van der Waals surface area contributed by atoms with E-state index in [0.717, 1.165) is 16.3 Å². The van der Waals surface area contributed by atoms with Crippen LogP contribution in [0, 0.1) is 6.92 Å². The van der Waals surface area contributed by atoms with Crippen LogP contribution in [-0.4, -0.2) is 16.7 Å². The highest BCUT2D eigenvalue weighted by Crippen LogP contribution is 2.30. The summed E-state index contributed by atoms with van der Waals surface area (Å²) in [5, 5.41) is 12.4. The normalized spacial score (nSPS) is 11.8. The number of aliphatic hydroxyl groups excluding tert-OH is 1. The van der Waals surface area contributed by atoms with Crippen molar-refractivity contribution in [3.63, 3.8) is 0 Å². The lowest BCUT2D eigenvalue weighted by molar-refractivity contribution is 0.218. The van der Waals surface area contributed by atoms with Crippen LogP contribution in [0.1, 0.15) is 24.4 Å². The maximum absolute atomic E-state index is 9.34. The van der Waals surface area contributed by atoms with Crippen LogP contribution in [0.25, 0.3) is 11.3 Å². The Labute approximate surface area is 106 Å². The lowest BCUT2D eigenvalue weighted by atomic mass is 9.96. The minimum Gasteiger partial charge on any atom is -0.395 e. The van der Waals surface area contributed by atoms with E-state index < -0.39 is 0 Å². The Morgan fingerprint density at radius 3 is 2.76 bits per heavy atom. The van der Waals surface area contributed by atoms with Crippen molar-refractivity contribution in [3.05, 3.63) is 40.2 Å². The Kier molecular flexibility index (Phi) is 3.31. The third-order valence-corrected chi connectivity index (χ3v) is 4.00. The molecule has 0 spiro atoms. The van der Waals surface area contributed by atoms with Gasteiger partial charge in [-0.15, -0.1) is 11.3 Å². The van der Waals surface area contributed by atoms with Crippen LogP contribution >= 0.6 is 11.3 Å². The first-order chi connectivity index (χ1) is 8.03. The zero-order chi connectivity index (χ0) is 12.5. The van der Waals surface area contributed by atoms with E-state index in [1.807, 2.05) is 19.9 Å². The largest absolute Gasteiger partial charge is 0.395 e. The summed E-state index contributed by atoms with van der Waals surface area (Å²) in [5.74, 6) is 0. The predicted octanol–water partition coefficient (Wildman–Crippen LogP) is 3.39. The molecule has 0 saturated carbocycles. The average molecular weight is 247 g/mol. The third kappa shape index (κ3) is 2.56. The van der Waals surface area contributed by atoms with Gasteiger partial charge >= 0.3 is 0 Å². The molecule has 0 saturated heterocycles. The molecular weight excluding hydrogens is 230 g/mol. The van der Waals surface area contributed by atoms with E-state index in [0.29, 0.717) is 0 Å². The first kappa shape index (κ1) is 12.3. The van der Waals surface area contributed by atoms with Gasteiger partial charge in [-0.05, 0) is 13.0 Å². The zero-order valence-corrected chi connectivity index (χ0v) is 11.2. The van der Waals surface area contributed by atoms with Gasteiger partial charge in [-0.1, -0.05) is 37.6 Å². The van der Waals surface area contributed by atoms with Crippen molar-refractivity contribution in [2.75, 3.05) is 6.61 Å². The van der Waals surface area contributed by atoms with Gasteiger partial charge in [0.25, 0.3) is 0 Å². The summed E-state index contributed by atoms with van der Waals surface area (Å²) in [7, 11) is 0. The quantitative estimate of drug-likeness (QED) is 0.902. The molecule has 0 atom stereocenters. The van der Waals surface area contributed by atoms with Crippen LogP contribution in [0.4, 0.5) is 0 Å². The number of aryl methyl sites for hydroxylation is 1. The van der Waals surface area contributed by atoms with Gasteiger partial charge in [0.05, 0.1) is 12.3 Å². The summed E-state index contributed by atoms with van der Waals surface area (Å²) in [6, 6.07) is 8.32. The molecule has 0 unspecified atom stereocenters. The van der Waals surface area contributed by atoms with Crippen molar-refractivity contribution in [2.24, 2.45) is 0 Å². The number of benzene rings is 1. The minimum absolute atomic E-state index is 0.119. The van der Waals surface area contributed by atoms with Gasteiger partial charge in [0.15, 0.2) is 0 Å². The van der Waals surface area contributed by atoms with E-state index in [1.165, 1.54) is 5.56 Å². The van der Waals surface area contributed by atoms with Gasteiger partial charge in [-0.25, -0.2) is 4.98 Å². The summed E-state index contributed by atoms with van der Waals surface area (Å²) >= 11 is 1.61. The van der Waals surface area contributed by atoms with E-state index in [2.05, 4.69) is 35.5 Å². The molecule has 0 aliphatic heterocycles. The molecule has 2 nitrogen and oxygen atoms in total. The molecule has 0 bridgehead atoms. The summed E-state index contributed by atoms with van der Waals surface area (Å²) in [4.78, 5) is 4.62. The molecule has 0 amide bonds. The molecule has 2 rings (SSSR count). The Bertz CT molecular complexity index is 516. The van der Waals surface area contributed by atoms with Crippen molar-refractivity contribution < 1.29 is 5.11 Å². The molecule has 0 aliphatic rings. The van der Waals surface area contributed by atoms with Gasteiger partial charge in [0.1, 0.15) is 5.01 Å². The van der Waals surface area contributed by atoms with E-state index in [-0.39, 0.29) is 12.0 Å². The first-order valence-electron chi connectivity index (χ1n) is 5.67. The maximum atomic E-state index is 9.34.